The minimum absolute atomic E-state index is 0. The summed E-state index contributed by atoms with van der Waals surface area (Å²) < 4.78 is 1.85. The van der Waals surface area contributed by atoms with E-state index in [0.717, 1.165) is 22.8 Å². The molecule has 0 saturated heterocycles. The third kappa shape index (κ3) is 4.31. The van der Waals surface area contributed by atoms with E-state index in [2.05, 4.69) is 15.7 Å². The Bertz CT molecular complexity index is 609. The Morgan fingerprint density at radius 2 is 2.00 bits per heavy atom. The van der Waals surface area contributed by atoms with Gasteiger partial charge in [-0.05, 0) is 39.1 Å². The molecule has 0 aliphatic carbocycles. The fraction of sp³-hybridized carbons (Fsp3) is 0.333. The number of benzene rings is 1. The van der Waals surface area contributed by atoms with Crippen LogP contribution in [0.1, 0.15) is 17.8 Å². The highest BCUT2D eigenvalue weighted by molar-refractivity contribution is 5.92. The SMILES string of the molecule is CNCCC(=O)Nc1ccccc1-n1nc(C)cc1C.Cl. The number of rotatable bonds is 5. The summed E-state index contributed by atoms with van der Waals surface area (Å²) in [5.41, 5.74) is 3.66. The molecule has 0 aliphatic rings. The van der Waals surface area contributed by atoms with Crippen LogP contribution in [0.5, 0.6) is 0 Å². The van der Waals surface area contributed by atoms with Gasteiger partial charge in [0.05, 0.1) is 17.1 Å². The third-order valence-electron chi connectivity index (χ3n) is 3.02. The molecule has 0 bridgehead atoms. The monoisotopic (exact) mass is 308 g/mol. The fourth-order valence-electron chi connectivity index (χ4n) is 2.09. The minimum atomic E-state index is -0.00617. The molecule has 0 radical (unpaired) electrons. The van der Waals surface area contributed by atoms with Crippen molar-refractivity contribution >= 4 is 24.0 Å². The van der Waals surface area contributed by atoms with Gasteiger partial charge < -0.3 is 10.6 Å². The molecule has 0 aliphatic heterocycles. The Morgan fingerprint density at radius 1 is 1.29 bits per heavy atom. The zero-order valence-electron chi connectivity index (χ0n) is 12.5. The van der Waals surface area contributed by atoms with Gasteiger partial charge >= 0.3 is 0 Å². The lowest BCUT2D eigenvalue weighted by molar-refractivity contribution is -0.116. The maximum Gasteiger partial charge on any atom is 0.225 e. The van der Waals surface area contributed by atoms with Crippen LogP contribution in [0.3, 0.4) is 0 Å². The number of aryl methyl sites for hydroxylation is 2. The van der Waals surface area contributed by atoms with E-state index >= 15 is 0 Å². The van der Waals surface area contributed by atoms with Gasteiger partial charge in [-0.25, -0.2) is 4.68 Å². The predicted molar refractivity (Wildman–Crippen MR) is 87.5 cm³/mol. The summed E-state index contributed by atoms with van der Waals surface area (Å²) >= 11 is 0. The second-order valence-corrected chi connectivity index (χ2v) is 4.76. The number of nitrogens with one attached hydrogen (secondary N) is 2. The molecule has 1 aromatic carbocycles. The second kappa shape index (κ2) is 7.81. The summed E-state index contributed by atoms with van der Waals surface area (Å²) in [5, 5.41) is 10.4. The number of anilines is 1. The molecule has 2 N–H and O–H groups in total. The van der Waals surface area contributed by atoms with E-state index in [9.17, 15) is 4.79 Å². The summed E-state index contributed by atoms with van der Waals surface area (Å²) in [6.07, 6.45) is 0.446. The standard InChI is InChI=1S/C15H20N4O.ClH/c1-11-10-12(2)19(18-11)14-7-5-4-6-13(14)17-15(20)8-9-16-3;/h4-7,10,16H,8-9H2,1-3H3,(H,17,20);1H. The molecule has 1 amide bonds. The van der Waals surface area contributed by atoms with E-state index in [0.29, 0.717) is 13.0 Å². The molecular formula is C15H21ClN4O. The first-order valence-electron chi connectivity index (χ1n) is 6.69. The van der Waals surface area contributed by atoms with Gasteiger partial charge in [-0.15, -0.1) is 12.4 Å². The van der Waals surface area contributed by atoms with E-state index in [1.54, 1.807) is 0 Å². The van der Waals surface area contributed by atoms with Crippen molar-refractivity contribution < 1.29 is 4.79 Å². The first-order chi connectivity index (χ1) is 9.61. The first-order valence-corrected chi connectivity index (χ1v) is 6.69. The maximum absolute atomic E-state index is 11.9. The number of para-hydroxylation sites is 2. The average Bonchev–Trinajstić information content (AvgIpc) is 2.76. The molecule has 2 aromatic rings. The Hall–Kier alpha value is -1.85. The molecule has 1 aromatic heterocycles. The van der Waals surface area contributed by atoms with Gasteiger partial charge in [-0.2, -0.15) is 5.10 Å². The zero-order chi connectivity index (χ0) is 14.5. The molecule has 6 heteroatoms. The topological polar surface area (TPSA) is 59.0 Å². The summed E-state index contributed by atoms with van der Waals surface area (Å²) in [7, 11) is 1.83. The lowest BCUT2D eigenvalue weighted by atomic mass is 10.2. The quantitative estimate of drug-likeness (QED) is 0.892. The molecule has 1 heterocycles. The van der Waals surface area contributed by atoms with Gasteiger partial charge in [0.25, 0.3) is 0 Å². The van der Waals surface area contributed by atoms with Crippen molar-refractivity contribution in [3.63, 3.8) is 0 Å². The number of nitrogens with zero attached hydrogens (tertiary/aromatic N) is 2. The Balaban J connectivity index is 0.00000220. The van der Waals surface area contributed by atoms with E-state index in [4.69, 9.17) is 0 Å². The first kappa shape index (κ1) is 17.2. The van der Waals surface area contributed by atoms with Crippen molar-refractivity contribution in [2.75, 3.05) is 18.9 Å². The Morgan fingerprint density at radius 3 is 2.62 bits per heavy atom. The summed E-state index contributed by atoms with van der Waals surface area (Å²) in [6, 6.07) is 9.70. The van der Waals surface area contributed by atoms with Crippen LogP contribution in [0.2, 0.25) is 0 Å². The van der Waals surface area contributed by atoms with Crippen LogP contribution < -0.4 is 10.6 Å². The summed E-state index contributed by atoms with van der Waals surface area (Å²) in [5.74, 6) is -0.00617. The average molecular weight is 309 g/mol. The number of aromatic nitrogens is 2. The number of carbonyl (C=O) groups is 1. The molecular weight excluding hydrogens is 288 g/mol. The van der Waals surface area contributed by atoms with Crippen LogP contribution in [0.25, 0.3) is 5.69 Å². The fourth-order valence-corrected chi connectivity index (χ4v) is 2.09. The van der Waals surface area contributed by atoms with Crippen molar-refractivity contribution in [1.82, 2.24) is 15.1 Å². The molecule has 2 rings (SSSR count). The molecule has 0 unspecified atom stereocenters. The van der Waals surface area contributed by atoms with E-state index in [1.165, 1.54) is 0 Å². The van der Waals surface area contributed by atoms with Crippen LogP contribution in [-0.2, 0) is 4.79 Å². The lowest BCUT2D eigenvalue weighted by Crippen LogP contribution is -2.19. The van der Waals surface area contributed by atoms with E-state index in [1.807, 2.05) is 55.9 Å². The number of carbonyl (C=O) groups excluding carboxylic acids is 1. The molecule has 21 heavy (non-hydrogen) atoms. The number of halogens is 1. The van der Waals surface area contributed by atoms with Crippen LogP contribution in [-0.4, -0.2) is 29.3 Å². The van der Waals surface area contributed by atoms with Gasteiger partial charge in [0, 0.05) is 18.7 Å². The lowest BCUT2D eigenvalue weighted by Gasteiger charge is -2.12. The van der Waals surface area contributed by atoms with Crippen LogP contribution in [0, 0.1) is 13.8 Å². The minimum Gasteiger partial charge on any atom is -0.324 e. The molecule has 0 atom stereocenters. The zero-order valence-corrected chi connectivity index (χ0v) is 13.3. The molecule has 0 saturated carbocycles. The smallest absolute Gasteiger partial charge is 0.225 e. The van der Waals surface area contributed by atoms with Crippen molar-refractivity contribution in [3.8, 4) is 5.69 Å². The molecule has 0 spiro atoms. The molecule has 5 nitrogen and oxygen atoms in total. The number of hydrogen-bond donors (Lipinski definition) is 2. The van der Waals surface area contributed by atoms with E-state index in [-0.39, 0.29) is 18.3 Å². The van der Waals surface area contributed by atoms with Crippen molar-refractivity contribution in [1.29, 1.82) is 0 Å². The third-order valence-corrected chi connectivity index (χ3v) is 3.02. The summed E-state index contributed by atoms with van der Waals surface area (Å²) in [4.78, 5) is 11.9. The van der Waals surface area contributed by atoms with Crippen molar-refractivity contribution in [2.24, 2.45) is 0 Å². The highest BCUT2D eigenvalue weighted by Crippen LogP contribution is 2.21. The van der Waals surface area contributed by atoms with Gasteiger partial charge in [-0.3, -0.25) is 4.79 Å². The highest BCUT2D eigenvalue weighted by atomic mass is 35.5. The van der Waals surface area contributed by atoms with Crippen LogP contribution in [0.15, 0.2) is 30.3 Å². The largest absolute Gasteiger partial charge is 0.324 e. The highest BCUT2D eigenvalue weighted by Gasteiger charge is 2.10. The van der Waals surface area contributed by atoms with Crippen LogP contribution in [0.4, 0.5) is 5.69 Å². The van der Waals surface area contributed by atoms with Crippen molar-refractivity contribution in [3.05, 3.63) is 41.7 Å². The number of amides is 1. The second-order valence-electron chi connectivity index (χ2n) is 4.76. The van der Waals surface area contributed by atoms with E-state index < -0.39 is 0 Å². The van der Waals surface area contributed by atoms with Crippen molar-refractivity contribution in [2.45, 2.75) is 20.3 Å². The maximum atomic E-state index is 11.9. The van der Waals surface area contributed by atoms with Gasteiger partial charge in [-0.1, -0.05) is 12.1 Å². The normalized spacial score (nSPS) is 10.0. The van der Waals surface area contributed by atoms with Gasteiger partial charge in [0.15, 0.2) is 0 Å². The summed E-state index contributed by atoms with van der Waals surface area (Å²) in [6.45, 7) is 4.62. The molecule has 0 fully saturated rings. The predicted octanol–water partition coefficient (Wildman–Crippen LogP) is 2.46. The van der Waals surface area contributed by atoms with Crippen LogP contribution >= 0.6 is 12.4 Å². The molecule has 114 valence electrons. The van der Waals surface area contributed by atoms with Gasteiger partial charge in [0.2, 0.25) is 5.91 Å². The van der Waals surface area contributed by atoms with Gasteiger partial charge in [0.1, 0.15) is 0 Å². The Labute approximate surface area is 131 Å². The Kier molecular flexibility index (Phi) is 6.39. The number of hydrogen-bond acceptors (Lipinski definition) is 3.